The van der Waals surface area contributed by atoms with Crippen LogP contribution in [0.15, 0.2) is 23.3 Å². The summed E-state index contributed by atoms with van der Waals surface area (Å²) < 4.78 is 10.4. The molecule has 24 heavy (non-hydrogen) atoms. The summed E-state index contributed by atoms with van der Waals surface area (Å²) in [7, 11) is 1.37. The van der Waals surface area contributed by atoms with Gasteiger partial charge in [0.05, 0.1) is 29.9 Å². The molecular formula is C17H21ClN2O4. The Kier molecular flexibility index (Phi) is 5.83. The predicted octanol–water partition coefficient (Wildman–Crippen LogP) is 2.92. The normalized spacial score (nSPS) is 14.7. The lowest BCUT2D eigenvalue weighted by atomic mass is 9.90. The lowest BCUT2D eigenvalue weighted by Gasteiger charge is -2.21. The quantitative estimate of drug-likeness (QED) is 0.798. The Bertz CT molecular complexity index is 671. The first-order valence-electron chi connectivity index (χ1n) is 7.70. The maximum Gasteiger partial charge on any atom is 0.311 e. The van der Waals surface area contributed by atoms with Crippen molar-refractivity contribution in [1.29, 1.82) is 0 Å². The van der Waals surface area contributed by atoms with E-state index in [-0.39, 0.29) is 11.9 Å². The number of carbonyl (C=O) groups is 2. The number of rotatable bonds is 6. The summed E-state index contributed by atoms with van der Waals surface area (Å²) in [6, 6.07) is 5.38. The standard InChI is InChI=1S/C17H21ClN2O4/c1-17(2,16(22)23-3)8-9-24-14-6-4-11(10-12(14)18)13-5-7-15(21)20-19-13/h4,6,10H,5,7-9H2,1-3H3,(H,20,21). The van der Waals surface area contributed by atoms with Crippen LogP contribution in [-0.4, -0.2) is 31.3 Å². The van der Waals surface area contributed by atoms with Crippen molar-refractivity contribution in [2.45, 2.75) is 33.1 Å². The number of benzene rings is 1. The number of nitrogens with zero attached hydrogens (tertiary/aromatic N) is 1. The second-order valence-corrected chi connectivity index (χ2v) is 6.62. The molecule has 1 amide bonds. The van der Waals surface area contributed by atoms with Crippen LogP contribution in [-0.2, 0) is 14.3 Å². The van der Waals surface area contributed by atoms with Crippen molar-refractivity contribution in [2.75, 3.05) is 13.7 Å². The largest absolute Gasteiger partial charge is 0.492 e. The number of methoxy groups -OCH3 is 1. The first kappa shape index (κ1) is 18.3. The van der Waals surface area contributed by atoms with Crippen molar-refractivity contribution in [3.8, 4) is 5.75 Å². The van der Waals surface area contributed by atoms with Gasteiger partial charge in [-0.25, -0.2) is 5.43 Å². The van der Waals surface area contributed by atoms with Gasteiger partial charge in [0.25, 0.3) is 0 Å². The van der Waals surface area contributed by atoms with Crippen LogP contribution in [0.25, 0.3) is 0 Å². The first-order chi connectivity index (χ1) is 11.3. The molecule has 1 aromatic rings. The maximum atomic E-state index is 11.6. The minimum absolute atomic E-state index is 0.0852. The van der Waals surface area contributed by atoms with Gasteiger partial charge in [0.1, 0.15) is 5.75 Å². The van der Waals surface area contributed by atoms with Gasteiger partial charge in [0, 0.05) is 12.8 Å². The Morgan fingerprint density at radius 1 is 1.38 bits per heavy atom. The first-order valence-corrected chi connectivity index (χ1v) is 8.08. The fraction of sp³-hybridized carbons (Fsp3) is 0.471. The van der Waals surface area contributed by atoms with E-state index in [1.807, 2.05) is 19.9 Å². The van der Waals surface area contributed by atoms with Gasteiger partial charge in [-0.2, -0.15) is 5.10 Å². The summed E-state index contributed by atoms with van der Waals surface area (Å²) in [6.45, 7) is 3.96. The molecule has 0 atom stereocenters. The van der Waals surface area contributed by atoms with E-state index in [2.05, 4.69) is 10.5 Å². The molecule has 0 saturated heterocycles. The molecule has 130 valence electrons. The fourth-order valence-electron chi connectivity index (χ4n) is 2.27. The van der Waals surface area contributed by atoms with Crippen LogP contribution < -0.4 is 10.2 Å². The summed E-state index contributed by atoms with van der Waals surface area (Å²) in [5.74, 6) is 0.185. The highest BCUT2D eigenvalue weighted by Gasteiger charge is 2.28. The zero-order valence-corrected chi connectivity index (χ0v) is 14.8. The highest BCUT2D eigenvalue weighted by molar-refractivity contribution is 6.32. The van der Waals surface area contributed by atoms with Gasteiger partial charge in [-0.05, 0) is 44.0 Å². The molecule has 0 saturated carbocycles. The third-order valence-electron chi connectivity index (χ3n) is 3.89. The summed E-state index contributed by atoms with van der Waals surface area (Å²) >= 11 is 6.26. The molecule has 1 N–H and O–H groups in total. The van der Waals surface area contributed by atoms with E-state index in [0.717, 1.165) is 11.3 Å². The molecule has 0 aliphatic carbocycles. The molecule has 0 radical (unpaired) electrons. The summed E-state index contributed by atoms with van der Waals surface area (Å²) in [5.41, 5.74) is 3.48. The molecule has 0 unspecified atom stereocenters. The van der Waals surface area contributed by atoms with E-state index in [1.165, 1.54) is 7.11 Å². The van der Waals surface area contributed by atoms with E-state index in [1.54, 1.807) is 12.1 Å². The topological polar surface area (TPSA) is 77.0 Å². The van der Waals surface area contributed by atoms with Gasteiger partial charge in [-0.3, -0.25) is 9.59 Å². The van der Waals surface area contributed by atoms with Crippen LogP contribution in [0.3, 0.4) is 0 Å². The molecule has 1 aliphatic heterocycles. The lowest BCUT2D eigenvalue weighted by molar-refractivity contribution is -0.151. The molecule has 0 bridgehead atoms. The number of nitrogens with one attached hydrogen (secondary N) is 1. The molecule has 0 aromatic heterocycles. The van der Waals surface area contributed by atoms with Crippen molar-refractivity contribution in [1.82, 2.24) is 5.43 Å². The van der Waals surface area contributed by atoms with Crippen LogP contribution >= 0.6 is 11.6 Å². The fourth-order valence-corrected chi connectivity index (χ4v) is 2.51. The molecule has 0 fully saturated rings. The summed E-state index contributed by atoms with van der Waals surface area (Å²) in [5, 5.41) is 4.50. The molecule has 6 nitrogen and oxygen atoms in total. The molecule has 0 spiro atoms. The Morgan fingerprint density at radius 3 is 2.71 bits per heavy atom. The van der Waals surface area contributed by atoms with E-state index in [4.69, 9.17) is 21.1 Å². The average molecular weight is 353 g/mol. The van der Waals surface area contributed by atoms with E-state index in [0.29, 0.717) is 36.6 Å². The van der Waals surface area contributed by atoms with E-state index >= 15 is 0 Å². The molecule has 1 heterocycles. The third-order valence-corrected chi connectivity index (χ3v) is 4.19. The molecule has 1 aliphatic rings. The van der Waals surface area contributed by atoms with Gasteiger partial charge in [0.15, 0.2) is 0 Å². The third kappa shape index (κ3) is 4.47. The number of esters is 1. The Morgan fingerprint density at radius 2 is 2.12 bits per heavy atom. The van der Waals surface area contributed by atoms with Crippen LogP contribution in [0.5, 0.6) is 5.75 Å². The molecule has 1 aromatic carbocycles. The Labute approximate surface area is 146 Å². The second-order valence-electron chi connectivity index (χ2n) is 6.21. The predicted molar refractivity (Wildman–Crippen MR) is 91.3 cm³/mol. The number of carbonyl (C=O) groups excluding carboxylic acids is 2. The highest BCUT2D eigenvalue weighted by atomic mass is 35.5. The van der Waals surface area contributed by atoms with Gasteiger partial charge < -0.3 is 9.47 Å². The van der Waals surface area contributed by atoms with Crippen molar-refractivity contribution in [3.63, 3.8) is 0 Å². The smallest absolute Gasteiger partial charge is 0.311 e. The van der Waals surface area contributed by atoms with Crippen LogP contribution in [0.1, 0.15) is 38.7 Å². The number of ether oxygens (including phenoxy) is 2. The highest BCUT2D eigenvalue weighted by Crippen LogP contribution is 2.28. The van der Waals surface area contributed by atoms with E-state index < -0.39 is 5.41 Å². The SMILES string of the molecule is COC(=O)C(C)(C)CCOc1ccc(C2=NNC(=O)CC2)cc1Cl. The number of hydrogen-bond donors (Lipinski definition) is 1. The second kappa shape index (κ2) is 7.66. The van der Waals surface area contributed by atoms with Crippen molar-refractivity contribution >= 4 is 29.2 Å². The van der Waals surface area contributed by atoms with Gasteiger partial charge in [-0.15, -0.1) is 0 Å². The van der Waals surface area contributed by atoms with Gasteiger partial charge in [-0.1, -0.05) is 11.6 Å². The molecule has 7 heteroatoms. The molecular weight excluding hydrogens is 332 g/mol. The van der Waals surface area contributed by atoms with Crippen LogP contribution in [0.2, 0.25) is 5.02 Å². The monoisotopic (exact) mass is 352 g/mol. The van der Waals surface area contributed by atoms with Crippen LogP contribution in [0.4, 0.5) is 0 Å². The van der Waals surface area contributed by atoms with Crippen molar-refractivity contribution in [2.24, 2.45) is 10.5 Å². The summed E-state index contributed by atoms with van der Waals surface area (Å²) in [4.78, 5) is 22.8. The average Bonchev–Trinajstić information content (AvgIpc) is 2.56. The number of halogens is 1. The minimum Gasteiger partial charge on any atom is -0.492 e. The van der Waals surface area contributed by atoms with Crippen molar-refractivity contribution < 1.29 is 19.1 Å². The maximum absolute atomic E-state index is 11.6. The van der Waals surface area contributed by atoms with Crippen molar-refractivity contribution in [3.05, 3.63) is 28.8 Å². The summed E-state index contributed by atoms with van der Waals surface area (Å²) in [6.07, 6.45) is 1.50. The molecule has 2 rings (SSSR count). The number of amides is 1. The Hall–Kier alpha value is -2.08. The minimum atomic E-state index is -0.615. The number of hydrazone groups is 1. The zero-order chi connectivity index (χ0) is 17.7. The zero-order valence-electron chi connectivity index (χ0n) is 14.0. The van der Waals surface area contributed by atoms with E-state index in [9.17, 15) is 9.59 Å². The Balaban J connectivity index is 1.98. The van der Waals surface area contributed by atoms with Gasteiger partial charge >= 0.3 is 5.97 Å². The van der Waals surface area contributed by atoms with Gasteiger partial charge in [0.2, 0.25) is 5.91 Å². The van der Waals surface area contributed by atoms with Crippen LogP contribution in [0, 0.1) is 5.41 Å². The lowest BCUT2D eigenvalue weighted by Crippen LogP contribution is -2.27. The number of hydrogen-bond acceptors (Lipinski definition) is 5.